The number of carbonyl (C=O) groups excluding carboxylic acids is 1. The fourth-order valence-electron chi connectivity index (χ4n) is 3.04. The molecule has 3 rings (SSSR count). The molecule has 0 bridgehead atoms. The van der Waals surface area contributed by atoms with Crippen molar-refractivity contribution in [1.29, 1.82) is 0 Å². The van der Waals surface area contributed by atoms with E-state index in [0.717, 1.165) is 22.5 Å². The van der Waals surface area contributed by atoms with Gasteiger partial charge in [-0.2, -0.15) is 4.31 Å². The number of hydrogen-bond donors (Lipinski definition) is 0. The zero-order chi connectivity index (χ0) is 23.5. The number of piperazine rings is 1. The summed E-state index contributed by atoms with van der Waals surface area (Å²) in [5.74, 6) is -3.46. The van der Waals surface area contributed by atoms with E-state index < -0.39 is 44.6 Å². The first-order chi connectivity index (χ1) is 15.0. The second kappa shape index (κ2) is 9.25. The lowest BCUT2D eigenvalue weighted by Gasteiger charge is -2.33. The highest BCUT2D eigenvalue weighted by Gasteiger charge is 2.32. The van der Waals surface area contributed by atoms with Crippen LogP contribution in [-0.2, 0) is 14.8 Å². The molecule has 0 unspecified atom stereocenters. The predicted molar refractivity (Wildman–Crippen MR) is 104 cm³/mol. The molecule has 0 N–H and O–H groups in total. The minimum absolute atomic E-state index is 0.00672. The van der Waals surface area contributed by atoms with Crippen LogP contribution in [0.1, 0.15) is 5.56 Å². The molecule has 32 heavy (non-hydrogen) atoms. The number of sulfonamides is 1. The molecule has 1 fully saturated rings. The summed E-state index contributed by atoms with van der Waals surface area (Å²) in [7, 11) is -4.08. The number of hydrogen-bond acceptors (Lipinski definition) is 4. The summed E-state index contributed by atoms with van der Waals surface area (Å²) in [5, 5.41) is 0. The van der Waals surface area contributed by atoms with Gasteiger partial charge in [-0.25, -0.2) is 17.2 Å². The van der Waals surface area contributed by atoms with E-state index in [1.807, 2.05) is 0 Å². The Balaban J connectivity index is 1.64. The summed E-state index contributed by atoms with van der Waals surface area (Å²) in [6.07, 6.45) is -2.64. The van der Waals surface area contributed by atoms with Gasteiger partial charge in [0.2, 0.25) is 15.9 Å². The van der Waals surface area contributed by atoms with Crippen molar-refractivity contribution in [3.8, 4) is 5.75 Å². The molecule has 172 valence electrons. The van der Waals surface area contributed by atoms with E-state index >= 15 is 0 Å². The first kappa shape index (κ1) is 23.7. The zero-order valence-electron chi connectivity index (χ0n) is 16.4. The molecular formula is C20H17F5N2O4S. The normalized spacial score (nSPS) is 15.8. The number of ether oxygens (including phenoxy) is 1. The quantitative estimate of drug-likeness (QED) is 0.490. The van der Waals surface area contributed by atoms with Gasteiger partial charge in [-0.05, 0) is 30.3 Å². The Morgan fingerprint density at radius 3 is 2.25 bits per heavy atom. The van der Waals surface area contributed by atoms with E-state index in [1.165, 1.54) is 29.2 Å². The van der Waals surface area contributed by atoms with Crippen molar-refractivity contribution in [3.05, 3.63) is 65.7 Å². The fraction of sp³-hybridized carbons (Fsp3) is 0.250. The summed E-state index contributed by atoms with van der Waals surface area (Å²) in [6, 6.07) is 7.55. The summed E-state index contributed by atoms with van der Waals surface area (Å²) >= 11 is 0. The van der Waals surface area contributed by atoms with E-state index in [0.29, 0.717) is 12.1 Å². The van der Waals surface area contributed by atoms with Gasteiger partial charge in [-0.1, -0.05) is 18.2 Å². The molecule has 1 aliphatic heterocycles. The topological polar surface area (TPSA) is 66.9 Å². The van der Waals surface area contributed by atoms with Gasteiger partial charge >= 0.3 is 6.36 Å². The predicted octanol–water partition coefficient (Wildman–Crippen LogP) is 3.41. The molecule has 2 aromatic carbocycles. The van der Waals surface area contributed by atoms with Gasteiger partial charge in [-0.15, -0.1) is 13.2 Å². The Hall–Kier alpha value is -2.99. The van der Waals surface area contributed by atoms with E-state index in [9.17, 15) is 35.2 Å². The molecule has 1 aliphatic rings. The highest BCUT2D eigenvalue weighted by Crippen LogP contribution is 2.27. The first-order valence-corrected chi connectivity index (χ1v) is 10.7. The number of para-hydroxylation sites is 1. The number of alkyl halides is 3. The summed E-state index contributed by atoms with van der Waals surface area (Å²) < 4.78 is 94.1. The van der Waals surface area contributed by atoms with Crippen molar-refractivity contribution in [2.24, 2.45) is 0 Å². The molecule has 0 spiro atoms. The van der Waals surface area contributed by atoms with E-state index in [2.05, 4.69) is 4.74 Å². The molecule has 0 saturated carbocycles. The van der Waals surface area contributed by atoms with Crippen LogP contribution >= 0.6 is 0 Å². The molecule has 1 saturated heterocycles. The third-order valence-electron chi connectivity index (χ3n) is 4.63. The van der Waals surface area contributed by atoms with Gasteiger partial charge in [0.1, 0.15) is 5.75 Å². The Morgan fingerprint density at radius 1 is 0.969 bits per heavy atom. The van der Waals surface area contributed by atoms with Crippen molar-refractivity contribution in [1.82, 2.24) is 9.21 Å². The molecule has 6 nitrogen and oxygen atoms in total. The average Bonchev–Trinajstić information content (AvgIpc) is 2.73. The lowest BCUT2D eigenvalue weighted by atomic mass is 10.2. The van der Waals surface area contributed by atoms with E-state index in [4.69, 9.17) is 0 Å². The maximum atomic E-state index is 13.4. The third-order valence-corrected chi connectivity index (χ3v) is 6.52. The second-order valence-corrected chi connectivity index (χ2v) is 8.66. The van der Waals surface area contributed by atoms with Crippen LogP contribution in [0.4, 0.5) is 22.0 Å². The van der Waals surface area contributed by atoms with Gasteiger partial charge in [0, 0.05) is 37.8 Å². The van der Waals surface area contributed by atoms with Crippen LogP contribution in [-0.4, -0.2) is 56.1 Å². The SMILES string of the molecule is O=C(/C=C/c1ccccc1OC(F)(F)F)N1CCN(S(=O)(=O)c2ccc(F)c(F)c2)CC1. The Bertz CT molecular complexity index is 1130. The highest BCUT2D eigenvalue weighted by atomic mass is 32.2. The molecule has 0 aromatic heterocycles. The molecule has 2 aromatic rings. The smallest absolute Gasteiger partial charge is 0.405 e. The number of amides is 1. The molecule has 1 amide bonds. The van der Waals surface area contributed by atoms with Gasteiger partial charge < -0.3 is 9.64 Å². The van der Waals surface area contributed by atoms with Crippen LogP contribution in [0.2, 0.25) is 0 Å². The first-order valence-electron chi connectivity index (χ1n) is 9.24. The van der Waals surface area contributed by atoms with Crippen molar-refractivity contribution in [3.63, 3.8) is 0 Å². The number of halogens is 5. The maximum Gasteiger partial charge on any atom is 0.573 e. The van der Waals surface area contributed by atoms with Crippen molar-refractivity contribution < 1.29 is 39.9 Å². The minimum Gasteiger partial charge on any atom is -0.405 e. The summed E-state index contributed by atoms with van der Waals surface area (Å²) in [6.45, 7) is -0.164. The van der Waals surface area contributed by atoms with Crippen LogP contribution in [0.3, 0.4) is 0 Å². The van der Waals surface area contributed by atoms with Gasteiger partial charge in [0.15, 0.2) is 11.6 Å². The lowest BCUT2D eigenvalue weighted by Crippen LogP contribution is -2.50. The van der Waals surface area contributed by atoms with Gasteiger partial charge in [0.05, 0.1) is 4.90 Å². The van der Waals surface area contributed by atoms with E-state index in [-0.39, 0.29) is 31.7 Å². The van der Waals surface area contributed by atoms with Crippen molar-refractivity contribution in [2.45, 2.75) is 11.3 Å². The van der Waals surface area contributed by atoms with Crippen molar-refractivity contribution >= 4 is 22.0 Å². The number of nitrogens with zero attached hydrogens (tertiary/aromatic N) is 2. The minimum atomic E-state index is -4.89. The number of benzene rings is 2. The van der Waals surface area contributed by atoms with Crippen LogP contribution < -0.4 is 4.74 Å². The number of carbonyl (C=O) groups is 1. The lowest BCUT2D eigenvalue weighted by molar-refractivity contribution is -0.274. The molecular weight excluding hydrogens is 459 g/mol. The Labute approximate surface area is 180 Å². The largest absolute Gasteiger partial charge is 0.573 e. The molecule has 0 radical (unpaired) electrons. The maximum absolute atomic E-state index is 13.4. The van der Waals surface area contributed by atoms with Crippen LogP contribution in [0.15, 0.2) is 53.4 Å². The Kier molecular flexibility index (Phi) is 6.84. The third kappa shape index (κ3) is 5.62. The fourth-order valence-corrected chi connectivity index (χ4v) is 4.47. The molecule has 1 heterocycles. The highest BCUT2D eigenvalue weighted by molar-refractivity contribution is 7.89. The van der Waals surface area contributed by atoms with E-state index in [1.54, 1.807) is 0 Å². The van der Waals surface area contributed by atoms with Crippen LogP contribution in [0.5, 0.6) is 5.75 Å². The van der Waals surface area contributed by atoms with Gasteiger partial charge in [0.25, 0.3) is 0 Å². The molecule has 12 heteroatoms. The molecule has 0 aliphatic carbocycles. The molecule has 0 atom stereocenters. The monoisotopic (exact) mass is 476 g/mol. The Morgan fingerprint density at radius 2 is 1.62 bits per heavy atom. The van der Waals surface area contributed by atoms with Crippen molar-refractivity contribution in [2.75, 3.05) is 26.2 Å². The summed E-state index contributed by atoms with van der Waals surface area (Å²) in [5.41, 5.74) is 0.0396. The number of rotatable bonds is 5. The summed E-state index contributed by atoms with van der Waals surface area (Å²) in [4.78, 5) is 13.3. The zero-order valence-corrected chi connectivity index (χ0v) is 17.2. The van der Waals surface area contributed by atoms with Crippen LogP contribution in [0.25, 0.3) is 6.08 Å². The second-order valence-electron chi connectivity index (χ2n) is 6.72. The van der Waals surface area contributed by atoms with Gasteiger partial charge in [-0.3, -0.25) is 4.79 Å². The van der Waals surface area contributed by atoms with Crippen LogP contribution in [0, 0.1) is 11.6 Å². The standard InChI is InChI=1S/C20H17F5N2O4S/c21-16-7-6-15(13-17(16)22)32(29,30)27-11-9-26(10-12-27)19(28)8-5-14-3-1-2-4-18(14)31-20(23,24)25/h1-8,13H,9-12H2/b8-5+. The average molecular weight is 476 g/mol.